The van der Waals surface area contributed by atoms with Crippen molar-refractivity contribution in [3.05, 3.63) is 46.3 Å². The Hall–Kier alpha value is -0.910. The number of benzene rings is 1. The molecule has 2 heterocycles. The van der Waals surface area contributed by atoms with Gasteiger partial charge in [0.15, 0.2) is 0 Å². The van der Waals surface area contributed by atoms with Crippen molar-refractivity contribution in [2.75, 3.05) is 11.5 Å². The van der Waals surface area contributed by atoms with Gasteiger partial charge in [0.25, 0.3) is 0 Å². The molecule has 1 spiro atoms. The first-order valence-corrected chi connectivity index (χ1v) is 8.81. The van der Waals surface area contributed by atoms with E-state index >= 15 is 0 Å². The van der Waals surface area contributed by atoms with Crippen LogP contribution in [0.2, 0.25) is 0 Å². The lowest BCUT2D eigenvalue weighted by Gasteiger charge is -2.23. The van der Waals surface area contributed by atoms with Crippen LogP contribution in [0.4, 0.5) is 0 Å². The van der Waals surface area contributed by atoms with Gasteiger partial charge in [-0.3, -0.25) is 0 Å². The van der Waals surface area contributed by atoms with E-state index in [1.54, 1.807) is 17.4 Å². The Balaban J connectivity index is 2.01. The van der Waals surface area contributed by atoms with Crippen LogP contribution in [0.15, 0.2) is 29.6 Å². The summed E-state index contributed by atoms with van der Waals surface area (Å²) in [6.07, 6.45) is 0. The van der Waals surface area contributed by atoms with Gasteiger partial charge in [-0.25, -0.2) is 4.79 Å². The molecule has 1 aromatic heterocycles. The molecule has 1 aromatic carbocycles. The molecule has 0 bridgehead atoms. The molecule has 4 rings (SSSR count). The summed E-state index contributed by atoms with van der Waals surface area (Å²) in [6.45, 7) is 0. The molecule has 2 nitrogen and oxygen atoms in total. The van der Waals surface area contributed by atoms with E-state index < -0.39 is 5.97 Å². The fraction of sp³-hybridized carbons (Fsp3) is 0.214. The molecule has 0 atom stereocenters. The van der Waals surface area contributed by atoms with Gasteiger partial charge in [-0.15, -0.1) is 34.9 Å². The molecule has 0 unspecified atom stereocenters. The monoisotopic (exact) mass is 306 g/mol. The topological polar surface area (TPSA) is 37.3 Å². The van der Waals surface area contributed by atoms with E-state index in [4.69, 9.17) is 0 Å². The van der Waals surface area contributed by atoms with E-state index in [0.717, 1.165) is 11.5 Å². The Morgan fingerprint density at radius 1 is 1.16 bits per heavy atom. The van der Waals surface area contributed by atoms with Crippen molar-refractivity contribution in [2.45, 2.75) is 4.08 Å². The van der Waals surface area contributed by atoms with Crippen molar-refractivity contribution in [1.29, 1.82) is 0 Å². The SMILES string of the molecule is O=C(O)c1ccc2c(c1)C1(SCCS1)c1ccsc1-2. The average molecular weight is 306 g/mol. The number of aromatic carboxylic acids is 1. The highest BCUT2D eigenvalue weighted by molar-refractivity contribution is 8.21. The molecular weight excluding hydrogens is 296 g/mol. The van der Waals surface area contributed by atoms with Gasteiger partial charge in [0.05, 0.1) is 5.56 Å². The minimum Gasteiger partial charge on any atom is -0.478 e. The van der Waals surface area contributed by atoms with E-state index in [1.165, 1.54) is 21.6 Å². The van der Waals surface area contributed by atoms with E-state index in [0.29, 0.717) is 5.56 Å². The van der Waals surface area contributed by atoms with E-state index in [9.17, 15) is 9.90 Å². The maximum Gasteiger partial charge on any atom is 0.335 e. The normalized spacial score (nSPS) is 18.5. The highest BCUT2D eigenvalue weighted by atomic mass is 32.2. The first-order valence-electron chi connectivity index (χ1n) is 5.96. The summed E-state index contributed by atoms with van der Waals surface area (Å²) in [6, 6.07) is 7.76. The largest absolute Gasteiger partial charge is 0.478 e. The summed E-state index contributed by atoms with van der Waals surface area (Å²) >= 11 is 5.63. The van der Waals surface area contributed by atoms with E-state index in [-0.39, 0.29) is 4.08 Å². The lowest BCUT2D eigenvalue weighted by atomic mass is 10.1. The van der Waals surface area contributed by atoms with Crippen LogP contribution in [-0.4, -0.2) is 22.6 Å². The number of thiophene rings is 1. The lowest BCUT2D eigenvalue weighted by Crippen LogP contribution is -2.12. The third-order valence-corrected chi connectivity index (χ3v) is 8.00. The molecule has 1 N–H and O–H groups in total. The lowest BCUT2D eigenvalue weighted by molar-refractivity contribution is 0.0697. The Labute approximate surface area is 123 Å². The zero-order valence-corrected chi connectivity index (χ0v) is 12.3. The smallest absolute Gasteiger partial charge is 0.335 e. The van der Waals surface area contributed by atoms with Crippen LogP contribution < -0.4 is 0 Å². The molecular formula is C14H10O2S3. The number of hydrogen-bond acceptors (Lipinski definition) is 4. The summed E-state index contributed by atoms with van der Waals surface area (Å²) in [5.74, 6) is 1.40. The third kappa shape index (κ3) is 1.49. The summed E-state index contributed by atoms with van der Waals surface area (Å²) in [5.41, 5.74) is 4.16. The standard InChI is InChI=1S/C14H10O2S3/c15-13(16)8-1-2-9-11(7-8)14(18-5-6-19-14)10-3-4-17-12(9)10/h1-4,7H,5-6H2,(H,15,16). The number of fused-ring (bicyclic) bond motifs is 5. The van der Waals surface area contributed by atoms with Gasteiger partial charge in [-0.05, 0) is 34.7 Å². The molecule has 1 saturated heterocycles. The van der Waals surface area contributed by atoms with Gasteiger partial charge in [-0.1, -0.05) is 6.07 Å². The predicted octanol–water partition coefficient (Wildman–Crippen LogP) is 4.11. The van der Waals surface area contributed by atoms with E-state index in [1.807, 2.05) is 35.7 Å². The predicted molar refractivity (Wildman–Crippen MR) is 82.4 cm³/mol. The fourth-order valence-electron chi connectivity index (χ4n) is 2.79. The summed E-state index contributed by atoms with van der Waals surface area (Å²) in [7, 11) is 0. The molecule has 1 fully saturated rings. The van der Waals surface area contributed by atoms with Crippen LogP contribution in [0.25, 0.3) is 10.4 Å². The van der Waals surface area contributed by atoms with Crippen LogP contribution in [0.1, 0.15) is 21.5 Å². The van der Waals surface area contributed by atoms with Gasteiger partial charge in [0, 0.05) is 21.9 Å². The number of thioether (sulfide) groups is 2. The molecule has 5 heteroatoms. The summed E-state index contributed by atoms with van der Waals surface area (Å²) in [4.78, 5) is 12.5. The van der Waals surface area contributed by atoms with Crippen molar-refractivity contribution in [1.82, 2.24) is 0 Å². The van der Waals surface area contributed by atoms with Gasteiger partial charge in [0.2, 0.25) is 0 Å². The first-order chi connectivity index (χ1) is 9.22. The first kappa shape index (κ1) is 11.9. The van der Waals surface area contributed by atoms with Crippen molar-refractivity contribution in [3.8, 4) is 10.4 Å². The second-order valence-electron chi connectivity index (χ2n) is 4.54. The second kappa shape index (κ2) is 4.04. The quantitative estimate of drug-likeness (QED) is 0.860. The Morgan fingerprint density at radius 2 is 1.95 bits per heavy atom. The molecule has 2 aromatic rings. The Morgan fingerprint density at radius 3 is 2.68 bits per heavy atom. The van der Waals surface area contributed by atoms with Crippen molar-refractivity contribution in [3.63, 3.8) is 0 Å². The zero-order valence-electron chi connectivity index (χ0n) is 9.88. The molecule has 1 aliphatic heterocycles. The number of carbonyl (C=O) groups is 1. The second-order valence-corrected chi connectivity index (χ2v) is 8.34. The van der Waals surface area contributed by atoms with Crippen LogP contribution in [0, 0.1) is 0 Å². The van der Waals surface area contributed by atoms with Crippen molar-refractivity contribution in [2.24, 2.45) is 0 Å². The minimum atomic E-state index is -0.846. The van der Waals surface area contributed by atoms with Gasteiger partial charge in [-0.2, -0.15) is 0 Å². The summed E-state index contributed by atoms with van der Waals surface area (Å²) in [5, 5.41) is 11.3. The average Bonchev–Trinajstić information content (AvgIpc) is 3.11. The van der Waals surface area contributed by atoms with Crippen LogP contribution >= 0.6 is 34.9 Å². The minimum absolute atomic E-state index is 0.0594. The van der Waals surface area contributed by atoms with Crippen LogP contribution in [0.3, 0.4) is 0 Å². The van der Waals surface area contributed by atoms with Gasteiger partial charge >= 0.3 is 5.97 Å². The molecule has 0 amide bonds. The molecule has 0 radical (unpaired) electrons. The molecule has 1 aliphatic carbocycles. The number of hydrogen-bond donors (Lipinski definition) is 1. The molecule has 96 valence electrons. The van der Waals surface area contributed by atoms with Gasteiger partial charge < -0.3 is 5.11 Å². The van der Waals surface area contributed by atoms with Crippen LogP contribution in [0.5, 0.6) is 0 Å². The molecule has 2 aliphatic rings. The summed E-state index contributed by atoms with van der Waals surface area (Å²) < 4.78 is -0.0594. The molecule has 19 heavy (non-hydrogen) atoms. The Kier molecular flexibility index (Phi) is 2.53. The third-order valence-electron chi connectivity index (χ3n) is 3.58. The Bertz CT molecular complexity index is 684. The van der Waals surface area contributed by atoms with Crippen molar-refractivity contribution >= 4 is 40.8 Å². The van der Waals surface area contributed by atoms with Gasteiger partial charge in [0.1, 0.15) is 4.08 Å². The zero-order chi connectivity index (χ0) is 13.0. The fourth-order valence-corrected chi connectivity index (χ4v) is 7.29. The highest BCUT2D eigenvalue weighted by Crippen LogP contribution is 2.65. The van der Waals surface area contributed by atoms with Crippen molar-refractivity contribution < 1.29 is 9.90 Å². The highest BCUT2D eigenvalue weighted by Gasteiger charge is 2.47. The van der Waals surface area contributed by atoms with E-state index in [2.05, 4.69) is 11.4 Å². The maximum atomic E-state index is 11.2. The molecule has 0 saturated carbocycles. The maximum absolute atomic E-state index is 11.2. The number of rotatable bonds is 1. The van der Waals surface area contributed by atoms with Crippen LogP contribution in [-0.2, 0) is 4.08 Å². The number of carboxylic acid groups (broad SMARTS) is 1. The number of carboxylic acids is 1.